The third-order valence-electron chi connectivity index (χ3n) is 3.19. The number of hydrogen-bond donors (Lipinski definition) is 0. The van der Waals surface area contributed by atoms with E-state index in [4.69, 9.17) is 9.47 Å². The lowest BCUT2D eigenvalue weighted by atomic mass is 9.96. The first kappa shape index (κ1) is 15.9. The molecular weight excluding hydrogens is 268 g/mol. The first-order valence-electron chi connectivity index (χ1n) is 6.28. The second-order valence-electron chi connectivity index (χ2n) is 4.50. The molecule has 108 valence electrons. The van der Waals surface area contributed by atoms with Gasteiger partial charge in [-0.25, -0.2) is 9.59 Å². The van der Waals surface area contributed by atoms with E-state index in [0.717, 1.165) is 11.1 Å². The Morgan fingerprint density at radius 1 is 1.11 bits per heavy atom. The highest BCUT2D eigenvalue weighted by Gasteiger charge is 2.56. The summed E-state index contributed by atoms with van der Waals surface area (Å²) >= 11 is 0. The molecule has 0 radical (unpaired) electrons. The lowest BCUT2D eigenvalue weighted by Crippen LogP contribution is -2.55. The van der Waals surface area contributed by atoms with Gasteiger partial charge in [0, 0.05) is 12.2 Å². The fraction of sp³-hybridized carbons (Fsp3) is 0.692. The van der Waals surface area contributed by atoms with Gasteiger partial charge in [0.05, 0.1) is 24.0 Å². The molecule has 0 aromatic rings. The smallest absolute Gasteiger partial charge is 0.336 e. The molecule has 5 nitrogen and oxygen atoms in total. The van der Waals surface area contributed by atoms with E-state index in [1.165, 1.54) is 0 Å². The molecular formula is C13H20O5S. The summed E-state index contributed by atoms with van der Waals surface area (Å²) < 4.78 is 20.6. The van der Waals surface area contributed by atoms with Gasteiger partial charge >= 0.3 is 11.9 Å². The summed E-state index contributed by atoms with van der Waals surface area (Å²) in [5.41, 5.74) is 1.84. The van der Waals surface area contributed by atoms with E-state index in [2.05, 4.69) is 0 Å². The van der Waals surface area contributed by atoms with Gasteiger partial charge in [-0.15, -0.1) is 0 Å². The van der Waals surface area contributed by atoms with E-state index >= 15 is 0 Å². The van der Waals surface area contributed by atoms with Gasteiger partial charge in [-0.05, 0) is 27.7 Å². The van der Waals surface area contributed by atoms with Crippen LogP contribution in [0.15, 0.2) is 11.1 Å². The van der Waals surface area contributed by atoms with Crippen molar-refractivity contribution in [3.63, 3.8) is 0 Å². The molecule has 0 N–H and O–H groups in total. The maximum atomic E-state index is 12.4. The average Bonchev–Trinajstić information content (AvgIpc) is 2.34. The molecule has 0 aliphatic carbocycles. The lowest BCUT2D eigenvalue weighted by Gasteiger charge is -2.32. The predicted molar refractivity (Wildman–Crippen MR) is 72.0 cm³/mol. The van der Waals surface area contributed by atoms with Crippen molar-refractivity contribution in [2.75, 3.05) is 19.0 Å². The fourth-order valence-corrected chi connectivity index (χ4v) is 3.71. The Morgan fingerprint density at radius 2 is 1.58 bits per heavy atom. The molecule has 6 heteroatoms. The standard InChI is InChI=1S/C13H20O5S/c1-5-17-11(14)13(12(15)18-6-2)7-9(3)10(4)8-19(13)16/h5-8H2,1-4H3/t19-/m0/s1. The molecule has 0 fully saturated rings. The highest BCUT2D eigenvalue weighted by atomic mass is 32.2. The Kier molecular flexibility index (Phi) is 5.29. The highest BCUT2D eigenvalue weighted by molar-refractivity contribution is 7.88. The number of carbonyl (C=O) groups is 2. The molecule has 0 spiro atoms. The van der Waals surface area contributed by atoms with E-state index in [0.29, 0.717) is 0 Å². The van der Waals surface area contributed by atoms with Crippen molar-refractivity contribution in [3.8, 4) is 0 Å². The molecule has 0 bridgehead atoms. The van der Waals surface area contributed by atoms with Crippen molar-refractivity contribution >= 4 is 22.7 Å². The van der Waals surface area contributed by atoms with E-state index in [9.17, 15) is 13.8 Å². The Morgan fingerprint density at radius 3 is 2.00 bits per heavy atom. The van der Waals surface area contributed by atoms with Crippen LogP contribution in [0, 0.1) is 0 Å². The molecule has 1 heterocycles. The number of carbonyl (C=O) groups excluding carboxylic acids is 2. The van der Waals surface area contributed by atoms with Crippen LogP contribution in [0.4, 0.5) is 0 Å². The van der Waals surface area contributed by atoms with Gasteiger partial charge in [-0.2, -0.15) is 0 Å². The zero-order valence-corrected chi connectivity index (χ0v) is 12.6. The second-order valence-corrected chi connectivity index (χ2v) is 6.17. The lowest BCUT2D eigenvalue weighted by molar-refractivity contribution is -0.158. The van der Waals surface area contributed by atoms with Gasteiger partial charge in [0.25, 0.3) is 0 Å². The number of allylic oxidation sites excluding steroid dienone is 1. The molecule has 0 amide bonds. The van der Waals surface area contributed by atoms with Gasteiger partial charge in [0.15, 0.2) is 0 Å². The molecule has 19 heavy (non-hydrogen) atoms. The van der Waals surface area contributed by atoms with Gasteiger partial charge < -0.3 is 9.47 Å². The largest absolute Gasteiger partial charge is 0.464 e. The Labute approximate surface area is 115 Å². The Balaban J connectivity index is 3.24. The van der Waals surface area contributed by atoms with Crippen LogP contribution in [0.3, 0.4) is 0 Å². The minimum absolute atomic E-state index is 0.100. The molecule has 0 unspecified atom stereocenters. The first-order chi connectivity index (χ1) is 8.90. The van der Waals surface area contributed by atoms with Gasteiger partial charge in [0.1, 0.15) is 0 Å². The van der Waals surface area contributed by atoms with Gasteiger partial charge in [-0.3, -0.25) is 4.21 Å². The fourth-order valence-electron chi connectivity index (χ4n) is 1.96. The average molecular weight is 288 g/mol. The predicted octanol–water partition coefficient (Wildman–Crippen LogP) is 1.34. The monoisotopic (exact) mass is 288 g/mol. The van der Waals surface area contributed by atoms with E-state index in [-0.39, 0.29) is 25.4 Å². The van der Waals surface area contributed by atoms with Crippen LogP contribution >= 0.6 is 0 Å². The summed E-state index contributed by atoms with van der Waals surface area (Å²) in [6.07, 6.45) is 0.100. The van der Waals surface area contributed by atoms with E-state index in [1.54, 1.807) is 13.8 Å². The van der Waals surface area contributed by atoms with Gasteiger partial charge in [0.2, 0.25) is 4.75 Å². The molecule has 0 saturated heterocycles. The quantitative estimate of drug-likeness (QED) is 0.443. The van der Waals surface area contributed by atoms with Crippen LogP contribution in [0.5, 0.6) is 0 Å². The summed E-state index contributed by atoms with van der Waals surface area (Å²) in [5, 5.41) is 0. The van der Waals surface area contributed by atoms with Crippen LogP contribution in [-0.4, -0.2) is 39.9 Å². The molecule has 0 aromatic carbocycles. The molecule has 1 aliphatic rings. The van der Waals surface area contributed by atoms with Crippen molar-refractivity contribution in [2.24, 2.45) is 0 Å². The van der Waals surface area contributed by atoms with Crippen LogP contribution < -0.4 is 0 Å². The summed E-state index contributed by atoms with van der Waals surface area (Å²) in [6.45, 7) is 7.26. The minimum Gasteiger partial charge on any atom is -0.464 e. The minimum atomic E-state index is -1.70. The zero-order valence-electron chi connectivity index (χ0n) is 11.8. The Bertz CT molecular complexity index is 420. The van der Waals surface area contributed by atoms with E-state index < -0.39 is 27.5 Å². The van der Waals surface area contributed by atoms with Crippen molar-refractivity contribution in [3.05, 3.63) is 11.1 Å². The maximum Gasteiger partial charge on any atom is 0.336 e. The molecule has 1 rings (SSSR count). The molecule has 1 aliphatic heterocycles. The maximum absolute atomic E-state index is 12.4. The van der Waals surface area contributed by atoms with Gasteiger partial charge in [-0.1, -0.05) is 11.1 Å². The molecule has 0 aromatic heterocycles. The molecule has 1 atom stereocenters. The summed E-state index contributed by atoms with van der Waals surface area (Å²) in [6, 6.07) is 0. The highest BCUT2D eigenvalue weighted by Crippen LogP contribution is 2.34. The Hall–Kier alpha value is -1.17. The first-order valence-corrected chi connectivity index (χ1v) is 7.60. The normalized spacial score (nSPS) is 22.0. The number of rotatable bonds is 4. The summed E-state index contributed by atoms with van der Waals surface area (Å²) in [7, 11) is -1.66. The SMILES string of the molecule is CCOC(=O)C1(C(=O)OCC)CC(C)=C(C)C[S@@]1=O. The van der Waals surface area contributed by atoms with Crippen molar-refractivity contribution in [1.29, 1.82) is 0 Å². The van der Waals surface area contributed by atoms with Crippen LogP contribution in [-0.2, 0) is 29.9 Å². The topological polar surface area (TPSA) is 69.7 Å². The van der Waals surface area contributed by atoms with Crippen LogP contribution in [0.2, 0.25) is 0 Å². The summed E-state index contributed by atoms with van der Waals surface area (Å²) in [5.74, 6) is -1.30. The number of ether oxygens (including phenoxy) is 2. The second kappa shape index (κ2) is 6.32. The van der Waals surface area contributed by atoms with Crippen molar-refractivity contribution in [2.45, 2.75) is 38.9 Å². The third-order valence-corrected chi connectivity index (χ3v) is 5.14. The summed E-state index contributed by atoms with van der Waals surface area (Å²) in [4.78, 5) is 24.3. The van der Waals surface area contributed by atoms with Crippen LogP contribution in [0.25, 0.3) is 0 Å². The number of esters is 2. The number of hydrogen-bond acceptors (Lipinski definition) is 5. The molecule has 0 saturated carbocycles. The van der Waals surface area contributed by atoms with Crippen LogP contribution in [0.1, 0.15) is 34.1 Å². The third kappa shape index (κ3) is 2.88. The van der Waals surface area contributed by atoms with Crippen molar-refractivity contribution in [1.82, 2.24) is 0 Å². The zero-order chi connectivity index (χ0) is 14.6. The van der Waals surface area contributed by atoms with Crippen molar-refractivity contribution < 1.29 is 23.3 Å². The van der Waals surface area contributed by atoms with E-state index in [1.807, 2.05) is 13.8 Å².